The van der Waals surface area contributed by atoms with E-state index >= 15 is 0 Å². The molecule has 0 aliphatic rings. The van der Waals surface area contributed by atoms with Gasteiger partial charge in [0.15, 0.2) is 0 Å². The van der Waals surface area contributed by atoms with Gasteiger partial charge in [-0.05, 0) is 36.4 Å². The van der Waals surface area contributed by atoms with Crippen molar-refractivity contribution in [3.63, 3.8) is 0 Å². The van der Waals surface area contributed by atoms with E-state index in [4.69, 9.17) is 9.47 Å². The normalized spacial score (nSPS) is 10.9. The monoisotopic (exact) mass is 536 g/mol. The maximum absolute atomic E-state index is 5.74. The highest BCUT2D eigenvalue weighted by molar-refractivity contribution is 5.24. The van der Waals surface area contributed by atoms with Crippen molar-refractivity contribution in [1.29, 1.82) is 0 Å². The van der Waals surface area contributed by atoms with E-state index in [0.717, 1.165) is 60.5 Å². The van der Waals surface area contributed by atoms with Crippen LogP contribution in [0.3, 0.4) is 0 Å². The maximum Gasteiger partial charge on any atom is 0.123 e. The van der Waals surface area contributed by atoms with Gasteiger partial charge in [-0.15, -0.1) is 0 Å². The Kier molecular flexibility index (Phi) is 11.4. The number of hydrogen-bond acceptors (Lipinski definition) is 8. The summed E-state index contributed by atoms with van der Waals surface area (Å²) < 4.78 is 11.5. The number of aromatic nitrogens is 4. The van der Waals surface area contributed by atoms with Gasteiger partial charge >= 0.3 is 0 Å². The summed E-state index contributed by atoms with van der Waals surface area (Å²) in [6.45, 7) is 12.6. The first-order chi connectivity index (χ1) is 19.7. The van der Waals surface area contributed by atoms with Crippen LogP contribution in [0.5, 0.6) is 11.5 Å². The van der Waals surface area contributed by atoms with E-state index in [0.29, 0.717) is 26.3 Å². The van der Waals surface area contributed by atoms with Crippen molar-refractivity contribution in [1.82, 2.24) is 29.7 Å². The molecule has 0 atom stereocenters. The topological polar surface area (TPSA) is 76.5 Å². The quantitative estimate of drug-likeness (QED) is 0.173. The van der Waals surface area contributed by atoms with Crippen molar-refractivity contribution in [2.24, 2.45) is 0 Å². The molecular formula is C32H36N6O2. The van der Waals surface area contributed by atoms with Crippen LogP contribution >= 0.6 is 0 Å². The second kappa shape index (κ2) is 15.9. The molecule has 0 saturated carbocycles. The molecule has 4 aromatic heterocycles. The van der Waals surface area contributed by atoms with Gasteiger partial charge in [0.2, 0.25) is 0 Å². The van der Waals surface area contributed by atoms with Gasteiger partial charge in [-0.2, -0.15) is 0 Å². The Morgan fingerprint density at radius 3 is 1.38 bits per heavy atom. The van der Waals surface area contributed by atoms with Crippen molar-refractivity contribution in [3.05, 3.63) is 134 Å². The Balaban J connectivity index is 1.52. The van der Waals surface area contributed by atoms with Crippen LogP contribution in [0.1, 0.15) is 22.8 Å². The fourth-order valence-corrected chi connectivity index (χ4v) is 4.19. The van der Waals surface area contributed by atoms with Crippen molar-refractivity contribution in [3.8, 4) is 11.5 Å². The fraction of sp³-hybridized carbons (Fsp3) is 0.250. The lowest BCUT2D eigenvalue weighted by Crippen LogP contribution is -2.35. The molecule has 0 unspecified atom stereocenters. The second-order valence-electron chi connectivity index (χ2n) is 9.23. The molecule has 0 aromatic carbocycles. The standard InChI is InChI=1S/C32H36N6O2/c1-3-19-39-31-11-15-35-29(21-31)25-38(26-30-22-32(12-16-36-30)40-20-4-2)18-17-37(23-27-9-5-7-13-33-27)24-28-10-6-8-14-34-28/h3-16,21-22H,1-2,17-20,23-26H2. The molecule has 4 rings (SSSR count). The van der Waals surface area contributed by atoms with E-state index in [-0.39, 0.29) is 0 Å². The van der Waals surface area contributed by atoms with E-state index in [1.54, 1.807) is 24.5 Å². The molecule has 0 aliphatic heterocycles. The summed E-state index contributed by atoms with van der Waals surface area (Å²) >= 11 is 0. The Hall–Kier alpha value is -4.40. The summed E-state index contributed by atoms with van der Waals surface area (Å²) in [6, 6.07) is 19.7. The van der Waals surface area contributed by atoms with Crippen molar-refractivity contribution in [2.75, 3.05) is 26.3 Å². The van der Waals surface area contributed by atoms with Gasteiger partial charge in [0.25, 0.3) is 0 Å². The lowest BCUT2D eigenvalue weighted by molar-refractivity contribution is 0.177. The molecule has 0 amide bonds. The van der Waals surface area contributed by atoms with Gasteiger partial charge in [-0.25, -0.2) is 0 Å². The Morgan fingerprint density at radius 2 is 0.975 bits per heavy atom. The summed E-state index contributed by atoms with van der Waals surface area (Å²) in [5, 5.41) is 0. The lowest BCUT2D eigenvalue weighted by atomic mass is 10.2. The molecule has 0 bridgehead atoms. The molecule has 8 nitrogen and oxygen atoms in total. The SMILES string of the molecule is C=CCOc1ccnc(CN(CCN(Cc2ccccn2)Cc2ccccn2)Cc2cc(OCC=C)ccn2)c1. The predicted octanol–water partition coefficient (Wildman–Crippen LogP) is 5.10. The van der Waals surface area contributed by atoms with Crippen molar-refractivity contribution < 1.29 is 9.47 Å². The molecule has 0 fully saturated rings. The molecular weight excluding hydrogens is 500 g/mol. The summed E-state index contributed by atoms with van der Waals surface area (Å²) in [7, 11) is 0. The van der Waals surface area contributed by atoms with Gasteiger partial charge in [0.05, 0.1) is 22.8 Å². The fourth-order valence-electron chi connectivity index (χ4n) is 4.19. The third-order valence-electron chi connectivity index (χ3n) is 6.04. The molecule has 0 aliphatic carbocycles. The summed E-state index contributed by atoms with van der Waals surface area (Å²) in [6.07, 6.45) is 10.7. The first-order valence-corrected chi connectivity index (χ1v) is 13.3. The highest BCUT2D eigenvalue weighted by atomic mass is 16.5. The molecule has 0 saturated heterocycles. The average molecular weight is 537 g/mol. The number of pyridine rings is 4. The zero-order valence-electron chi connectivity index (χ0n) is 22.8. The second-order valence-corrected chi connectivity index (χ2v) is 9.23. The largest absolute Gasteiger partial charge is 0.489 e. The van der Waals surface area contributed by atoms with Crippen molar-refractivity contribution in [2.45, 2.75) is 26.2 Å². The predicted molar refractivity (Wildman–Crippen MR) is 157 cm³/mol. The van der Waals surface area contributed by atoms with Gasteiger partial charge < -0.3 is 9.47 Å². The zero-order chi connectivity index (χ0) is 27.8. The third kappa shape index (κ3) is 9.72. The maximum atomic E-state index is 5.74. The van der Waals surface area contributed by atoms with E-state index in [2.05, 4.69) is 55.0 Å². The third-order valence-corrected chi connectivity index (χ3v) is 6.04. The number of nitrogens with zero attached hydrogens (tertiary/aromatic N) is 6. The smallest absolute Gasteiger partial charge is 0.123 e. The summed E-state index contributed by atoms with van der Waals surface area (Å²) in [5.74, 6) is 1.55. The van der Waals surface area contributed by atoms with Crippen LogP contribution < -0.4 is 9.47 Å². The first kappa shape index (κ1) is 28.6. The molecule has 4 heterocycles. The molecule has 8 heteroatoms. The lowest BCUT2D eigenvalue weighted by Gasteiger charge is -2.27. The molecule has 0 radical (unpaired) electrons. The summed E-state index contributed by atoms with van der Waals surface area (Å²) in [4.78, 5) is 23.0. The highest BCUT2D eigenvalue weighted by Crippen LogP contribution is 2.17. The van der Waals surface area contributed by atoms with E-state index in [1.807, 2.05) is 60.9 Å². The Morgan fingerprint density at radius 1 is 0.550 bits per heavy atom. The highest BCUT2D eigenvalue weighted by Gasteiger charge is 2.15. The first-order valence-electron chi connectivity index (χ1n) is 13.3. The minimum absolute atomic E-state index is 0.449. The van der Waals surface area contributed by atoms with Crippen LogP contribution in [0.15, 0.2) is 111 Å². The van der Waals surface area contributed by atoms with E-state index < -0.39 is 0 Å². The van der Waals surface area contributed by atoms with Crippen LogP contribution in [-0.2, 0) is 26.2 Å². The molecule has 0 N–H and O–H groups in total. The number of rotatable bonds is 17. The minimum atomic E-state index is 0.449. The van der Waals surface area contributed by atoms with Gasteiger partial charge in [0, 0.05) is 76.2 Å². The molecule has 4 aromatic rings. The summed E-state index contributed by atoms with van der Waals surface area (Å²) in [5.41, 5.74) is 3.88. The Bertz CT molecular complexity index is 1220. The van der Waals surface area contributed by atoms with E-state index in [1.165, 1.54) is 0 Å². The zero-order valence-corrected chi connectivity index (χ0v) is 22.8. The number of hydrogen-bond donors (Lipinski definition) is 0. The number of ether oxygens (including phenoxy) is 2. The van der Waals surface area contributed by atoms with Crippen LogP contribution in [0, 0.1) is 0 Å². The van der Waals surface area contributed by atoms with Gasteiger partial charge in [-0.3, -0.25) is 29.7 Å². The van der Waals surface area contributed by atoms with Crippen LogP contribution in [0.2, 0.25) is 0 Å². The van der Waals surface area contributed by atoms with Crippen LogP contribution in [0.4, 0.5) is 0 Å². The average Bonchev–Trinajstić information content (AvgIpc) is 2.99. The van der Waals surface area contributed by atoms with Crippen LogP contribution in [-0.4, -0.2) is 56.0 Å². The van der Waals surface area contributed by atoms with E-state index in [9.17, 15) is 0 Å². The molecule has 40 heavy (non-hydrogen) atoms. The molecule has 206 valence electrons. The van der Waals surface area contributed by atoms with Crippen molar-refractivity contribution >= 4 is 0 Å². The molecule has 0 spiro atoms. The Labute approximate surface area is 236 Å². The van der Waals surface area contributed by atoms with Gasteiger partial charge in [0.1, 0.15) is 24.7 Å². The van der Waals surface area contributed by atoms with Gasteiger partial charge in [-0.1, -0.05) is 37.4 Å². The minimum Gasteiger partial charge on any atom is -0.489 e. The van der Waals surface area contributed by atoms with Crippen LogP contribution in [0.25, 0.3) is 0 Å².